The Balaban J connectivity index is 1.15. The van der Waals surface area contributed by atoms with Gasteiger partial charge in [0.05, 0.1) is 18.8 Å². The van der Waals surface area contributed by atoms with Gasteiger partial charge in [0, 0.05) is 31.2 Å². The maximum atomic E-state index is 13.2. The number of hydrogen-bond donors (Lipinski definition) is 0. The maximum Gasteiger partial charge on any atom is 0.276 e. The molecular formula is C25H26ClN5O4. The van der Waals surface area contributed by atoms with E-state index in [4.69, 9.17) is 21.1 Å². The average molecular weight is 496 g/mol. The molecule has 2 aromatic carbocycles. The van der Waals surface area contributed by atoms with Crippen LogP contribution in [0.1, 0.15) is 33.4 Å². The molecule has 0 bridgehead atoms. The predicted molar refractivity (Wildman–Crippen MR) is 128 cm³/mol. The molecule has 35 heavy (non-hydrogen) atoms. The summed E-state index contributed by atoms with van der Waals surface area (Å²) in [7, 11) is 0. The first kappa shape index (κ1) is 23.3. The second kappa shape index (κ2) is 10.1. The summed E-state index contributed by atoms with van der Waals surface area (Å²) in [6, 6.07) is 15.1. The molecule has 1 unspecified atom stereocenters. The second-order valence-corrected chi connectivity index (χ2v) is 9.13. The molecule has 0 saturated carbocycles. The lowest BCUT2D eigenvalue weighted by Gasteiger charge is -2.34. The van der Waals surface area contributed by atoms with Crippen LogP contribution in [0.5, 0.6) is 5.75 Å². The van der Waals surface area contributed by atoms with Gasteiger partial charge >= 0.3 is 0 Å². The van der Waals surface area contributed by atoms with E-state index in [0.29, 0.717) is 54.9 Å². The van der Waals surface area contributed by atoms with Gasteiger partial charge in [0.25, 0.3) is 11.8 Å². The van der Waals surface area contributed by atoms with Crippen molar-refractivity contribution in [1.82, 2.24) is 24.8 Å². The molecule has 1 saturated heterocycles. The SMILES string of the molecule is Cc1cccc(OCC(=O)N2CCN(C(=O)c3nnn4c3COC(c3ccc(Cl)cc3)C4)CC2)c1. The molecule has 5 rings (SSSR count). The van der Waals surface area contributed by atoms with Crippen molar-refractivity contribution in [3.63, 3.8) is 0 Å². The second-order valence-electron chi connectivity index (χ2n) is 8.70. The van der Waals surface area contributed by atoms with Gasteiger partial charge in [0.1, 0.15) is 11.9 Å². The Morgan fingerprint density at radius 2 is 1.83 bits per heavy atom. The van der Waals surface area contributed by atoms with E-state index in [1.165, 1.54) is 0 Å². The van der Waals surface area contributed by atoms with E-state index in [0.717, 1.165) is 11.1 Å². The third kappa shape index (κ3) is 5.16. The Bertz CT molecular complexity index is 1220. The highest BCUT2D eigenvalue weighted by molar-refractivity contribution is 6.30. The van der Waals surface area contributed by atoms with Gasteiger partial charge in [-0.15, -0.1) is 5.10 Å². The minimum atomic E-state index is -0.192. The minimum absolute atomic E-state index is 0.0258. The van der Waals surface area contributed by atoms with Crippen molar-refractivity contribution in [1.29, 1.82) is 0 Å². The van der Waals surface area contributed by atoms with E-state index < -0.39 is 0 Å². The van der Waals surface area contributed by atoms with E-state index in [1.54, 1.807) is 14.5 Å². The number of fused-ring (bicyclic) bond motifs is 1. The van der Waals surface area contributed by atoms with Crippen molar-refractivity contribution in [2.45, 2.75) is 26.2 Å². The standard InChI is InChI=1S/C25H26ClN5O4/c1-17-3-2-4-20(13-17)34-16-23(32)29-9-11-30(12-10-29)25(33)24-21-15-35-22(14-31(21)28-27-24)18-5-7-19(26)8-6-18/h2-8,13,22H,9-12,14-16H2,1H3. The molecule has 9 nitrogen and oxygen atoms in total. The number of piperazine rings is 1. The molecule has 10 heteroatoms. The van der Waals surface area contributed by atoms with Gasteiger partial charge in [-0.25, -0.2) is 4.68 Å². The molecule has 2 aliphatic rings. The number of nitrogens with zero attached hydrogens (tertiary/aromatic N) is 5. The number of aryl methyl sites for hydroxylation is 1. The number of halogens is 1. The number of benzene rings is 2. The monoisotopic (exact) mass is 495 g/mol. The van der Waals surface area contributed by atoms with Crippen molar-refractivity contribution in [3.05, 3.63) is 76.1 Å². The van der Waals surface area contributed by atoms with Crippen LogP contribution in [-0.4, -0.2) is 69.4 Å². The molecule has 0 aliphatic carbocycles. The summed E-state index contributed by atoms with van der Waals surface area (Å²) in [5.74, 6) is 0.383. The lowest BCUT2D eigenvalue weighted by molar-refractivity contribution is -0.134. The zero-order valence-electron chi connectivity index (χ0n) is 19.4. The van der Waals surface area contributed by atoms with Gasteiger partial charge in [-0.05, 0) is 42.3 Å². The topological polar surface area (TPSA) is 89.8 Å². The average Bonchev–Trinajstić information content (AvgIpc) is 3.31. The zero-order valence-corrected chi connectivity index (χ0v) is 20.1. The molecule has 0 spiro atoms. The van der Waals surface area contributed by atoms with E-state index >= 15 is 0 Å². The number of carbonyl (C=O) groups excluding carboxylic acids is 2. The van der Waals surface area contributed by atoms with Gasteiger partial charge in [0.2, 0.25) is 0 Å². The van der Waals surface area contributed by atoms with Crippen molar-refractivity contribution in [2.24, 2.45) is 0 Å². The number of carbonyl (C=O) groups is 2. The van der Waals surface area contributed by atoms with Crippen LogP contribution in [0, 0.1) is 6.92 Å². The molecular weight excluding hydrogens is 470 g/mol. The molecule has 0 N–H and O–H groups in total. The fraction of sp³-hybridized carbons (Fsp3) is 0.360. The van der Waals surface area contributed by atoms with Crippen LogP contribution in [0.15, 0.2) is 48.5 Å². The zero-order chi connectivity index (χ0) is 24.4. The number of aromatic nitrogens is 3. The Labute approximate surface area is 208 Å². The summed E-state index contributed by atoms with van der Waals surface area (Å²) in [6.45, 7) is 4.41. The third-order valence-electron chi connectivity index (χ3n) is 6.31. The van der Waals surface area contributed by atoms with Crippen LogP contribution in [-0.2, 0) is 22.7 Å². The van der Waals surface area contributed by atoms with Crippen LogP contribution < -0.4 is 4.74 Å². The van der Waals surface area contributed by atoms with E-state index in [2.05, 4.69) is 10.3 Å². The van der Waals surface area contributed by atoms with Gasteiger partial charge < -0.3 is 19.3 Å². The molecule has 2 aliphatic heterocycles. The van der Waals surface area contributed by atoms with Crippen LogP contribution in [0.2, 0.25) is 5.02 Å². The van der Waals surface area contributed by atoms with Crippen LogP contribution in [0.25, 0.3) is 0 Å². The number of amides is 2. The van der Waals surface area contributed by atoms with Gasteiger partial charge in [-0.1, -0.05) is 41.1 Å². The van der Waals surface area contributed by atoms with Gasteiger partial charge in [0.15, 0.2) is 12.3 Å². The molecule has 1 atom stereocenters. The third-order valence-corrected chi connectivity index (χ3v) is 6.57. The first-order valence-electron chi connectivity index (χ1n) is 11.5. The summed E-state index contributed by atoms with van der Waals surface area (Å²) in [5.41, 5.74) is 3.05. The highest BCUT2D eigenvalue weighted by Crippen LogP contribution is 2.28. The summed E-state index contributed by atoms with van der Waals surface area (Å²) < 4.78 is 13.4. The van der Waals surface area contributed by atoms with Gasteiger partial charge in [-0.3, -0.25) is 9.59 Å². The normalized spacial score (nSPS) is 17.7. The molecule has 0 radical (unpaired) electrons. The summed E-state index contributed by atoms with van der Waals surface area (Å²) in [4.78, 5) is 29.2. The molecule has 3 heterocycles. The number of hydrogen-bond acceptors (Lipinski definition) is 6. The Morgan fingerprint density at radius 3 is 2.57 bits per heavy atom. The Morgan fingerprint density at radius 1 is 1.09 bits per heavy atom. The highest BCUT2D eigenvalue weighted by atomic mass is 35.5. The lowest BCUT2D eigenvalue weighted by atomic mass is 10.1. The summed E-state index contributed by atoms with van der Waals surface area (Å²) >= 11 is 5.98. The molecule has 182 valence electrons. The van der Waals surface area contributed by atoms with Crippen LogP contribution >= 0.6 is 11.6 Å². The molecule has 1 fully saturated rings. The largest absolute Gasteiger partial charge is 0.484 e. The van der Waals surface area contributed by atoms with E-state index in [1.807, 2.05) is 55.5 Å². The van der Waals surface area contributed by atoms with Crippen LogP contribution in [0.4, 0.5) is 0 Å². The first-order valence-corrected chi connectivity index (χ1v) is 11.9. The van der Waals surface area contributed by atoms with Crippen molar-refractivity contribution < 1.29 is 19.1 Å². The summed E-state index contributed by atoms with van der Waals surface area (Å²) in [6.07, 6.45) is -0.180. The van der Waals surface area contributed by atoms with Crippen molar-refractivity contribution in [2.75, 3.05) is 32.8 Å². The maximum absolute atomic E-state index is 13.2. The predicted octanol–water partition coefficient (Wildman–Crippen LogP) is 2.87. The number of ether oxygens (including phenoxy) is 2. The van der Waals surface area contributed by atoms with Gasteiger partial charge in [-0.2, -0.15) is 0 Å². The Kier molecular flexibility index (Phi) is 6.70. The first-order chi connectivity index (χ1) is 17.0. The summed E-state index contributed by atoms with van der Waals surface area (Å²) in [5, 5.41) is 9.03. The fourth-order valence-corrected chi connectivity index (χ4v) is 4.43. The van der Waals surface area contributed by atoms with Crippen molar-refractivity contribution in [3.8, 4) is 5.75 Å². The quantitative estimate of drug-likeness (QED) is 0.540. The number of rotatable bonds is 5. The fourth-order valence-electron chi connectivity index (χ4n) is 4.31. The Hall–Kier alpha value is -3.43. The molecule has 3 aromatic rings. The van der Waals surface area contributed by atoms with E-state index in [9.17, 15) is 9.59 Å². The van der Waals surface area contributed by atoms with Crippen LogP contribution in [0.3, 0.4) is 0 Å². The molecule has 1 aromatic heterocycles. The minimum Gasteiger partial charge on any atom is -0.484 e. The van der Waals surface area contributed by atoms with Crippen molar-refractivity contribution >= 4 is 23.4 Å². The smallest absolute Gasteiger partial charge is 0.276 e. The molecule has 2 amide bonds. The highest BCUT2D eigenvalue weighted by Gasteiger charge is 2.32. The van der Waals surface area contributed by atoms with E-state index in [-0.39, 0.29) is 31.1 Å². The lowest BCUT2D eigenvalue weighted by Crippen LogP contribution is -2.51.